The smallest absolute Gasteiger partial charge is 0.254 e. The van der Waals surface area contributed by atoms with Crippen molar-refractivity contribution in [2.24, 2.45) is 16.6 Å². The third kappa shape index (κ3) is 5.95. The minimum Gasteiger partial charge on any atom is -0.387 e. The molecular weight excluding hydrogens is 445 g/mol. The normalized spacial score (nSPS) is 18.2. The molecule has 1 fully saturated rings. The molecule has 3 aromatic rings. The second kappa shape index (κ2) is 10.8. The van der Waals surface area contributed by atoms with Crippen molar-refractivity contribution in [3.8, 4) is 11.1 Å². The van der Waals surface area contributed by atoms with Crippen LogP contribution in [0.5, 0.6) is 0 Å². The number of guanidine groups is 1. The highest BCUT2D eigenvalue weighted by molar-refractivity contribution is 6.04. The van der Waals surface area contributed by atoms with Gasteiger partial charge in [0, 0.05) is 43.7 Å². The van der Waals surface area contributed by atoms with E-state index in [-0.39, 0.29) is 18.0 Å². The summed E-state index contributed by atoms with van der Waals surface area (Å²) < 4.78 is 16.0. The van der Waals surface area contributed by atoms with Crippen molar-refractivity contribution in [1.29, 1.82) is 0 Å². The lowest BCUT2D eigenvalue weighted by molar-refractivity contribution is -0.126. The Morgan fingerprint density at radius 3 is 2.66 bits per heavy atom. The Balaban J connectivity index is 0.000000189. The Kier molecular flexibility index (Phi) is 7.60. The average Bonchev–Trinajstić information content (AvgIpc) is 3.51. The first-order chi connectivity index (χ1) is 16.9. The maximum absolute atomic E-state index is 13.8. The SMILES string of the molecule is CCC(O)c1cccn1CC1CC1.CN1C(=O)C(Cc2cccc(-c3cccnc3F)c2)N=C1N. The van der Waals surface area contributed by atoms with E-state index in [1.54, 1.807) is 19.2 Å². The van der Waals surface area contributed by atoms with E-state index in [0.717, 1.165) is 35.7 Å². The quantitative estimate of drug-likeness (QED) is 0.504. The van der Waals surface area contributed by atoms with Gasteiger partial charge in [-0.15, -0.1) is 0 Å². The van der Waals surface area contributed by atoms with Crippen LogP contribution in [0.15, 0.2) is 65.9 Å². The Hall–Kier alpha value is -3.52. The van der Waals surface area contributed by atoms with Crippen molar-refractivity contribution in [2.75, 3.05) is 7.05 Å². The molecule has 35 heavy (non-hydrogen) atoms. The number of amides is 1. The van der Waals surface area contributed by atoms with Crippen LogP contribution in [-0.4, -0.2) is 44.5 Å². The molecule has 1 aliphatic carbocycles. The molecule has 8 heteroatoms. The monoisotopic (exact) mass is 477 g/mol. The number of aliphatic hydroxyl groups is 1. The lowest BCUT2D eigenvalue weighted by Crippen LogP contribution is -2.35. The van der Waals surface area contributed by atoms with Gasteiger partial charge in [-0.1, -0.05) is 31.2 Å². The highest BCUT2D eigenvalue weighted by atomic mass is 19.1. The van der Waals surface area contributed by atoms with E-state index in [9.17, 15) is 14.3 Å². The summed E-state index contributed by atoms with van der Waals surface area (Å²) in [7, 11) is 1.60. The number of benzene rings is 1. The lowest BCUT2D eigenvalue weighted by atomic mass is 10.00. The number of carbonyl (C=O) groups is 1. The molecular formula is C27H32FN5O2. The highest BCUT2D eigenvalue weighted by Crippen LogP contribution is 2.32. The largest absolute Gasteiger partial charge is 0.387 e. The number of pyridine rings is 1. The summed E-state index contributed by atoms with van der Waals surface area (Å²) in [6, 6.07) is 14.3. The Morgan fingerprint density at radius 1 is 1.20 bits per heavy atom. The molecule has 2 aromatic heterocycles. The minimum atomic E-state index is -0.515. The van der Waals surface area contributed by atoms with Crippen LogP contribution < -0.4 is 5.73 Å². The molecule has 2 unspecified atom stereocenters. The van der Waals surface area contributed by atoms with Crippen molar-refractivity contribution in [3.05, 3.63) is 78.1 Å². The summed E-state index contributed by atoms with van der Waals surface area (Å²) in [5.74, 6) is 0.453. The van der Waals surface area contributed by atoms with Gasteiger partial charge in [-0.3, -0.25) is 9.69 Å². The van der Waals surface area contributed by atoms with E-state index in [0.29, 0.717) is 12.0 Å². The number of aliphatic hydroxyl groups excluding tert-OH is 1. The van der Waals surface area contributed by atoms with Crippen LogP contribution in [0.2, 0.25) is 0 Å². The van der Waals surface area contributed by atoms with Gasteiger partial charge in [0.05, 0.1) is 6.10 Å². The zero-order chi connectivity index (χ0) is 24.9. The summed E-state index contributed by atoms with van der Waals surface area (Å²) in [5.41, 5.74) is 8.78. The van der Waals surface area contributed by atoms with Crippen molar-refractivity contribution >= 4 is 11.9 Å². The van der Waals surface area contributed by atoms with E-state index < -0.39 is 12.0 Å². The molecule has 3 heterocycles. The second-order valence-electron chi connectivity index (χ2n) is 9.10. The third-order valence-electron chi connectivity index (χ3n) is 6.42. The zero-order valence-corrected chi connectivity index (χ0v) is 20.1. The number of nitrogens with two attached hydrogens (primary N) is 1. The molecule has 184 valence electrons. The molecule has 3 N–H and O–H groups in total. The number of aliphatic imine (C=N–C) groups is 1. The Morgan fingerprint density at radius 2 is 2.00 bits per heavy atom. The van der Waals surface area contributed by atoms with Crippen LogP contribution in [0.1, 0.15) is 43.5 Å². The van der Waals surface area contributed by atoms with E-state index in [2.05, 4.69) is 20.7 Å². The van der Waals surface area contributed by atoms with Gasteiger partial charge in [-0.25, -0.2) is 9.98 Å². The maximum atomic E-state index is 13.8. The van der Waals surface area contributed by atoms with E-state index in [1.165, 1.54) is 23.9 Å². The number of hydrogen-bond donors (Lipinski definition) is 2. The van der Waals surface area contributed by atoms with Crippen molar-refractivity contribution in [2.45, 2.75) is 51.3 Å². The zero-order valence-electron chi connectivity index (χ0n) is 20.1. The second-order valence-corrected chi connectivity index (χ2v) is 9.10. The van der Waals surface area contributed by atoms with Crippen molar-refractivity contribution < 1.29 is 14.3 Å². The molecule has 7 nitrogen and oxygen atoms in total. The van der Waals surface area contributed by atoms with E-state index >= 15 is 0 Å². The summed E-state index contributed by atoms with van der Waals surface area (Å²) >= 11 is 0. The molecule has 0 spiro atoms. The molecule has 2 aliphatic rings. The fraction of sp³-hybridized carbons (Fsp3) is 0.370. The molecule has 0 bridgehead atoms. The van der Waals surface area contributed by atoms with Gasteiger partial charge >= 0.3 is 0 Å². The molecule has 0 radical (unpaired) electrons. The van der Waals surface area contributed by atoms with E-state index in [4.69, 9.17) is 5.73 Å². The molecule has 1 amide bonds. The fourth-order valence-corrected chi connectivity index (χ4v) is 4.15. The maximum Gasteiger partial charge on any atom is 0.254 e. The molecule has 1 saturated carbocycles. The van der Waals surface area contributed by atoms with Gasteiger partial charge < -0.3 is 15.4 Å². The predicted octanol–water partition coefficient (Wildman–Crippen LogP) is 3.93. The molecule has 1 aliphatic heterocycles. The number of likely N-dealkylation sites (N-methyl/N-ethyl adjacent to an activating group) is 1. The molecule has 0 saturated heterocycles. The number of nitrogens with zero attached hydrogens (tertiary/aromatic N) is 4. The minimum absolute atomic E-state index is 0.129. The van der Waals surface area contributed by atoms with Crippen LogP contribution >= 0.6 is 0 Å². The van der Waals surface area contributed by atoms with Crippen LogP contribution in [0.4, 0.5) is 4.39 Å². The highest BCUT2D eigenvalue weighted by Gasteiger charge is 2.30. The number of aromatic nitrogens is 2. The van der Waals surface area contributed by atoms with Gasteiger partial charge in [0.15, 0.2) is 5.96 Å². The first-order valence-corrected chi connectivity index (χ1v) is 12.0. The standard InChI is InChI=1S/C16H15FN4O.C11H17NO/c1-21-15(22)13(20-16(21)18)9-10-4-2-5-11(8-10)12-6-3-7-19-14(12)17;1-2-11(13)10-4-3-7-12(10)8-9-5-6-9/h2-8,13H,9H2,1H3,(H2,18,20);3-4,7,9,11,13H,2,5-6,8H2,1H3. The van der Waals surface area contributed by atoms with Gasteiger partial charge in [0.25, 0.3) is 5.91 Å². The fourth-order valence-electron chi connectivity index (χ4n) is 4.15. The number of hydrogen-bond acceptors (Lipinski definition) is 5. The summed E-state index contributed by atoms with van der Waals surface area (Å²) in [5, 5.41) is 9.71. The molecule has 2 atom stereocenters. The first kappa shape index (κ1) is 24.6. The van der Waals surface area contributed by atoms with Crippen LogP contribution in [0.3, 0.4) is 0 Å². The first-order valence-electron chi connectivity index (χ1n) is 12.0. The van der Waals surface area contributed by atoms with Gasteiger partial charge in [-0.05, 0) is 60.6 Å². The average molecular weight is 478 g/mol. The van der Waals surface area contributed by atoms with Crippen molar-refractivity contribution in [1.82, 2.24) is 14.5 Å². The Bertz CT molecular complexity index is 1200. The van der Waals surface area contributed by atoms with Crippen LogP contribution in [0.25, 0.3) is 11.1 Å². The van der Waals surface area contributed by atoms with Gasteiger partial charge in [0.1, 0.15) is 6.04 Å². The topological polar surface area (TPSA) is 96.7 Å². The number of rotatable bonds is 7. The van der Waals surface area contributed by atoms with Gasteiger partial charge in [0.2, 0.25) is 5.95 Å². The third-order valence-corrected chi connectivity index (χ3v) is 6.42. The summed E-state index contributed by atoms with van der Waals surface area (Å²) in [6.45, 7) is 3.11. The lowest BCUT2D eigenvalue weighted by Gasteiger charge is -2.12. The Labute approximate surface area is 205 Å². The predicted molar refractivity (Wildman–Crippen MR) is 134 cm³/mol. The summed E-state index contributed by atoms with van der Waals surface area (Å²) in [4.78, 5) is 21.1. The van der Waals surface area contributed by atoms with E-state index in [1.807, 2.05) is 43.3 Å². The van der Waals surface area contributed by atoms with Crippen LogP contribution in [0, 0.1) is 11.9 Å². The van der Waals surface area contributed by atoms with Gasteiger partial charge in [-0.2, -0.15) is 4.39 Å². The van der Waals surface area contributed by atoms with Crippen molar-refractivity contribution in [3.63, 3.8) is 0 Å². The summed E-state index contributed by atoms with van der Waals surface area (Å²) in [6.07, 6.45) is 7.15. The molecule has 1 aromatic carbocycles. The number of halogens is 1. The van der Waals surface area contributed by atoms with Crippen LogP contribution in [-0.2, 0) is 17.8 Å². The molecule has 5 rings (SSSR count). The number of carbonyl (C=O) groups excluding carboxylic acids is 1.